The van der Waals surface area contributed by atoms with Crippen LogP contribution in [-0.2, 0) is 14.0 Å². The predicted octanol–water partition coefficient (Wildman–Crippen LogP) is 6.83. The second kappa shape index (κ2) is 10.6. The van der Waals surface area contributed by atoms with Crippen molar-refractivity contribution in [3.05, 3.63) is 40.4 Å². The number of carbonyl (C=O) groups excluding carboxylic acids is 1. The van der Waals surface area contributed by atoms with E-state index < -0.39 is 8.32 Å². The Hall–Kier alpha value is -0.913. The highest BCUT2D eigenvalue weighted by Gasteiger charge is 2.39. The molecule has 1 aromatic carbocycles. The Morgan fingerprint density at radius 3 is 2.44 bits per heavy atom. The summed E-state index contributed by atoms with van der Waals surface area (Å²) >= 11 is 3.60. The SMILES string of the molecule is COC(=O)CCCC(O[Si](C)(C)C(C)(C)C)[C@H](C)/C=C/c1ccccc1Br. The summed E-state index contributed by atoms with van der Waals surface area (Å²) in [6.45, 7) is 13.5. The van der Waals surface area contributed by atoms with Gasteiger partial charge in [0, 0.05) is 10.9 Å². The maximum atomic E-state index is 11.5. The smallest absolute Gasteiger partial charge is 0.305 e. The maximum Gasteiger partial charge on any atom is 0.305 e. The summed E-state index contributed by atoms with van der Waals surface area (Å²) in [5.41, 5.74) is 1.16. The van der Waals surface area contributed by atoms with Gasteiger partial charge in [-0.1, -0.05) is 74.0 Å². The molecule has 27 heavy (non-hydrogen) atoms. The first-order chi connectivity index (χ1) is 12.5. The number of hydrogen-bond acceptors (Lipinski definition) is 3. The number of esters is 1. The van der Waals surface area contributed by atoms with Crippen molar-refractivity contribution in [2.75, 3.05) is 7.11 Å². The van der Waals surface area contributed by atoms with Gasteiger partial charge in [-0.25, -0.2) is 0 Å². The molecule has 0 N–H and O–H groups in total. The molecule has 1 rings (SSSR count). The normalized spacial score (nSPS) is 15.0. The molecule has 0 fully saturated rings. The van der Waals surface area contributed by atoms with Crippen molar-refractivity contribution in [2.24, 2.45) is 5.92 Å². The number of carbonyl (C=O) groups is 1. The third kappa shape index (κ3) is 7.92. The van der Waals surface area contributed by atoms with E-state index >= 15 is 0 Å². The molecule has 0 aliphatic carbocycles. The molecule has 0 spiro atoms. The number of benzene rings is 1. The molecule has 0 aliphatic heterocycles. The molecule has 3 nitrogen and oxygen atoms in total. The van der Waals surface area contributed by atoms with Gasteiger partial charge >= 0.3 is 5.97 Å². The summed E-state index contributed by atoms with van der Waals surface area (Å²) in [6, 6.07) is 8.19. The molecular weight excluding hydrogens is 420 g/mol. The Bertz CT molecular complexity index is 635. The number of hydrogen-bond donors (Lipinski definition) is 0. The van der Waals surface area contributed by atoms with E-state index in [2.05, 4.69) is 74.9 Å². The number of ether oxygens (including phenoxy) is 1. The molecule has 1 aromatic rings. The van der Waals surface area contributed by atoms with Gasteiger partial charge in [0.15, 0.2) is 8.32 Å². The first-order valence-electron chi connectivity index (χ1n) is 9.65. The number of rotatable bonds is 9. The van der Waals surface area contributed by atoms with E-state index in [0.717, 1.165) is 22.9 Å². The highest BCUT2D eigenvalue weighted by Crippen LogP contribution is 2.39. The van der Waals surface area contributed by atoms with Crippen molar-refractivity contribution >= 4 is 36.3 Å². The van der Waals surface area contributed by atoms with Crippen LogP contribution in [0.3, 0.4) is 0 Å². The molecule has 0 radical (unpaired) electrons. The van der Waals surface area contributed by atoms with Crippen LogP contribution >= 0.6 is 15.9 Å². The molecule has 1 unspecified atom stereocenters. The lowest BCUT2D eigenvalue weighted by molar-refractivity contribution is -0.140. The Morgan fingerprint density at radius 2 is 1.89 bits per heavy atom. The monoisotopic (exact) mass is 454 g/mol. The minimum absolute atomic E-state index is 0.0919. The van der Waals surface area contributed by atoms with Crippen molar-refractivity contribution in [3.63, 3.8) is 0 Å². The Kier molecular flexibility index (Phi) is 9.46. The highest BCUT2D eigenvalue weighted by molar-refractivity contribution is 9.10. The van der Waals surface area contributed by atoms with Crippen molar-refractivity contribution in [1.29, 1.82) is 0 Å². The third-order valence-electron chi connectivity index (χ3n) is 5.42. The Morgan fingerprint density at radius 1 is 1.26 bits per heavy atom. The molecule has 0 heterocycles. The van der Waals surface area contributed by atoms with Crippen molar-refractivity contribution in [1.82, 2.24) is 0 Å². The largest absolute Gasteiger partial charge is 0.469 e. The molecule has 0 aliphatic rings. The maximum absolute atomic E-state index is 11.5. The Balaban J connectivity index is 2.91. The van der Waals surface area contributed by atoms with Gasteiger partial charge in [0.25, 0.3) is 0 Å². The lowest BCUT2D eigenvalue weighted by Gasteiger charge is -2.40. The van der Waals surface area contributed by atoms with Gasteiger partial charge in [0.2, 0.25) is 0 Å². The van der Waals surface area contributed by atoms with Gasteiger partial charge < -0.3 is 9.16 Å². The van der Waals surface area contributed by atoms with Crippen LogP contribution < -0.4 is 0 Å². The molecular formula is C22H35BrO3Si. The van der Waals surface area contributed by atoms with Gasteiger partial charge in [0.05, 0.1) is 13.2 Å². The van der Waals surface area contributed by atoms with Gasteiger partial charge in [-0.2, -0.15) is 0 Å². The van der Waals surface area contributed by atoms with E-state index in [1.807, 2.05) is 18.2 Å². The minimum atomic E-state index is -1.89. The molecule has 0 saturated heterocycles. The molecule has 0 saturated carbocycles. The number of halogens is 1. The zero-order chi connectivity index (χ0) is 20.7. The highest BCUT2D eigenvalue weighted by atomic mass is 79.9. The van der Waals surface area contributed by atoms with Gasteiger partial charge in [-0.3, -0.25) is 4.79 Å². The molecule has 2 atom stereocenters. The quantitative estimate of drug-likeness (QED) is 0.302. The van der Waals surface area contributed by atoms with Crippen molar-refractivity contribution < 1.29 is 14.0 Å². The molecule has 0 bridgehead atoms. The summed E-state index contributed by atoms with van der Waals surface area (Å²) < 4.78 is 12.6. The predicted molar refractivity (Wildman–Crippen MR) is 120 cm³/mol. The number of methoxy groups -OCH3 is 1. The summed E-state index contributed by atoms with van der Waals surface area (Å²) in [4.78, 5) is 11.5. The van der Waals surface area contributed by atoms with E-state index in [1.54, 1.807) is 0 Å². The topological polar surface area (TPSA) is 35.5 Å². The Labute approximate surface area is 174 Å². The average Bonchev–Trinajstić information content (AvgIpc) is 2.58. The van der Waals surface area contributed by atoms with Crippen LogP contribution in [0.25, 0.3) is 6.08 Å². The van der Waals surface area contributed by atoms with Gasteiger partial charge in [-0.05, 0) is 48.5 Å². The van der Waals surface area contributed by atoms with Crippen LogP contribution in [0.5, 0.6) is 0 Å². The molecule has 0 amide bonds. The fourth-order valence-electron chi connectivity index (χ4n) is 2.52. The van der Waals surface area contributed by atoms with Crippen LogP contribution in [-0.4, -0.2) is 27.5 Å². The van der Waals surface area contributed by atoms with E-state index in [-0.39, 0.29) is 23.0 Å². The lowest BCUT2D eigenvalue weighted by Crippen LogP contribution is -2.45. The summed E-state index contributed by atoms with van der Waals surface area (Å²) in [7, 11) is -0.455. The van der Waals surface area contributed by atoms with E-state index in [1.165, 1.54) is 7.11 Å². The molecule has 152 valence electrons. The van der Waals surface area contributed by atoms with Crippen molar-refractivity contribution in [3.8, 4) is 0 Å². The van der Waals surface area contributed by atoms with Crippen LogP contribution in [0.15, 0.2) is 34.8 Å². The summed E-state index contributed by atoms with van der Waals surface area (Å²) in [6.07, 6.45) is 6.53. The fourth-order valence-corrected chi connectivity index (χ4v) is 4.38. The second-order valence-electron chi connectivity index (χ2n) is 8.62. The zero-order valence-electron chi connectivity index (χ0n) is 17.8. The average molecular weight is 456 g/mol. The van der Waals surface area contributed by atoms with Crippen LogP contribution in [0.2, 0.25) is 18.1 Å². The zero-order valence-corrected chi connectivity index (χ0v) is 20.4. The van der Waals surface area contributed by atoms with Gasteiger partial charge in [0.1, 0.15) is 0 Å². The van der Waals surface area contributed by atoms with Crippen LogP contribution in [0, 0.1) is 5.92 Å². The molecule has 5 heteroatoms. The van der Waals surface area contributed by atoms with E-state index in [9.17, 15) is 4.79 Å². The summed E-state index contributed by atoms with van der Waals surface area (Å²) in [5, 5.41) is 0.152. The van der Waals surface area contributed by atoms with E-state index in [0.29, 0.717) is 6.42 Å². The fraction of sp³-hybridized carbons (Fsp3) is 0.591. The van der Waals surface area contributed by atoms with E-state index in [4.69, 9.17) is 9.16 Å². The third-order valence-corrected chi connectivity index (χ3v) is 10.6. The second-order valence-corrected chi connectivity index (χ2v) is 14.2. The minimum Gasteiger partial charge on any atom is -0.469 e. The standard InChI is InChI=1S/C22H35BrO3Si/c1-17(15-16-18-11-8-9-12-19(18)23)20(13-10-14-21(24)25-5)26-27(6,7)22(2,3)4/h8-9,11-12,15-17,20H,10,13-14H2,1-7H3/b16-15+/t17-,20?/m1/s1. The summed E-state index contributed by atoms with van der Waals surface area (Å²) in [5.74, 6) is 0.0985. The van der Waals surface area contributed by atoms with Crippen molar-refractivity contribution in [2.45, 2.75) is 71.2 Å². The lowest BCUT2D eigenvalue weighted by atomic mass is 9.98. The first kappa shape index (κ1) is 24.1. The van der Waals surface area contributed by atoms with Gasteiger partial charge in [-0.15, -0.1) is 0 Å². The molecule has 0 aromatic heterocycles. The van der Waals surface area contributed by atoms with Crippen LogP contribution in [0.4, 0.5) is 0 Å². The first-order valence-corrected chi connectivity index (χ1v) is 13.4. The van der Waals surface area contributed by atoms with Crippen LogP contribution in [0.1, 0.15) is 52.5 Å².